The molecule has 182 valence electrons. The molecule has 2 aromatic rings. The van der Waals surface area contributed by atoms with Crippen molar-refractivity contribution in [3.05, 3.63) is 63.4 Å². The van der Waals surface area contributed by atoms with Crippen molar-refractivity contribution in [2.24, 2.45) is 17.6 Å². The largest absolute Gasteiger partial charge is 0.395 e. The summed E-state index contributed by atoms with van der Waals surface area (Å²) >= 11 is 12.4. The topological polar surface area (TPSA) is 78.6 Å². The number of carbonyl (C=O) groups is 1. The predicted octanol–water partition coefficient (Wildman–Crippen LogP) is 4.59. The van der Waals surface area contributed by atoms with Gasteiger partial charge in [-0.3, -0.25) is 9.69 Å². The van der Waals surface area contributed by atoms with Gasteiger partial charge in [-0.1, -0.05) is 55.2 Å². The van der Waals surface area contributed by atoms with Crippen molar-refractivity contribution in [1.29, 1.82) is 0 Å². The van der Waals surface area contributed by atoms with Gasteiger partial charge < -0.3 is 16.2 Å². The smallest absolute Gasteiger partial charge is 0.245 e. The number of aliphatic hydroxyl groups excluding tert-OH is 1. The maximum Gasteiger partial charge on any atom is 0.245 e. The summed E-state index contributed by atoms with van der Waals surface area (Å²) in [6.07, 6.45) is 2.11. The number of halogens is 3. The van der Waals surface area contributed by atoms with Crippen LogP contribution in [0.25, 0.3) is 0 Å². The molecule has 5 nitrogen and oxygen atoms in total. The first-order valence-electron chi connectivity index (χ1n) is 11.9. The van der Waals surface area contributed by atoms with Crippen LogP contribution in [-0.2, 0) is 11.2 Å². The van der Waals surface area contributed by atoms with Gasteiger partial charge in [0.05, 0.1) is 11.6 Å². The molecule has 1 amide bonds. The number of fused-ring (bicyclic) bond motifs is 1. The molecule has 8 heteroatoms. The van der Waals surface area contributed by atoms with E-state index in [-0.39, 0.29) is 23.6 Å². The molecule has 0 unspecified atom stereocenters. The van der Waals surface area contributed by atoms with Crippen LogP contribution in [0.5, 0.6) is 0 Å². The Hall–Kier alpha value is -1.70. The summed E-state index contributed by atoms with van der Waals surface area (Å²) in [5.41, 5.74) is 7.51. The fraction of sp³-hybridized carbons (Fsp3) is 0.500. The van der Waals surface area contributed by atoms with Gasteiger partial charge in [0.25, 0.3) is 0 Å². The van der Waals surface area contributed by atoms with Crippen molar-refractivity contribution in [3.8, 4) is 0 Å². The van der Waals surface area contributed by atoms with E-state index in [2.05, 4.69) is 24.1 Å². The van der Waals surface area contributed by atoms with Crippen LogP contribution in [0.15, 0.2) is 36.4 Å². The molecular weight excluding hydrogens is 476 g/mol. The monoisotopic (exact) mass is 505 g/mol. The number of hydrogen-bond donors (Lipinski definition) is 3. The molecule has 2 aromatic carbocycles. The lowest BCUT2D eigenvalue weighted by molar-refractivity contribution is -0.131. The van der Waals surface area contributed by atoms with Gasteiger partial charge in [-0.15, -0.1) is 0 Å². The summed E-state index contributed by atoms with van der Waals surface area (Å²) < 4.78 is 15.5. The molecule has 1 saturated carbocycles. The van der Waals surface area contributed by atoms with Crippen LogP contribution in [0, 0.1) is 17.7 Å². The first-order chi connectivity index (χ1) is 16.2. The van der Waals surface area contributed by atoms with Crippen LogP contribution in [-0.4, -0.2) is 46.2 Å². The molecule has 4 N–H and O–H groups in total. The second-order valence-electron chi connectivity index (χ2n) is 10.3. The summed E-state index contributed by atoms with van der Waals surface area (Å²) in [6.45, 7) is 4.21. The number of benzene rings is 2. The van der Waals surface area contributed by atoms with E-state index in [4.69, 9.17) is 28.9 Å². The molecule has 34 heavy (non-hydrogen) atoms. The maximum atomic E-state index is 15.5. The Morgan fingerprint density at radius 1 is 1.21 bits per heavy atom. The second kappa shape index (κ2) is 8.75. The average molecular weight is 506 g/mol. The van der Waals surface area contributed by atoms with Gasteiger partial charge in [0, 0.05) is 41.2 Å². The van der Waals surface area contributed by atoms with Crippen LogP contribution in [0.2, 0.25) is 10.0 Å². The number of nitrogens with two attached hydrogens (primary N) is 1. The number of rotatable bonds is 3. The summed E-state index contributed by atoms with van der Waals surface area (Å²) in [4.78, 5) is 16.3. The lowest BCUT2D eigenvalue weighted by atomic mass is 9.71. The molecule has 2 heterocycles. The quantitative estimate of drug-likeness (QED) is 0.569. The Morgan fingerprint density at radius 2 is 1.91 bits per heavy atom. The Morgan fingerprint density at radius 3 is 2.59 bits per heavy atom. The first-order valence-corrected chi connectivity index (χ1v) is 12.6. The van der Waals surface area contributed by atoms with E-state index in [1.165, 1.54) is 6.07 Å². The van der Waals surface area contributed by atoms with Gasteiger partial charge in [0.1, 0.15) is 11.4 Å². The highest BCUT2D eigenvalue weighted by Crippen LogP contribution is 2.54. The van der Waals surface area contributed by atoms with E-state index in [0.29, 0.717) is 34.5 Å². The zero-order chi connectivity index (χ0) is 24.4. The summed E-state index contributed by atoms with van der Waals surface area (Å²) in [5, 5.41) is 14.1. The molecule has 0 aromatic heterocycles. The number of likely N-dealkylation sites (tertiary alicyclic amines) is 1. The van der Waals surface area contributed by atoms with Crippen LogP contribution in [0.1, 0.15) is 43.7 Å². The molecule has 2 aliphatic heterocycles. The minimum absolute atomic E-state index is 0.00893. The van der Waals surface area contributed by atoms with E-state index < -0.39 is 29.4 Å². The Bertz CT molecular complexity index is 1120. The molecule has 6 atom stereocenters. The fourth-order valence-electron chi connectivity index (χ4n) is 6.74. The average Bonchev–Trinajstić information content (AvgIpc) is 3.24. The van der Waals surface area contributed by atoms with E-state index in [0.717, 1.165) is 18.4 Å². The Balaban J connectivity index is 1.73. The number of amides is 1. The minimum Gasteiger partial charge on any atom is -0.395 e. The SMILES string of the molecule is C[C@H]1CC(N2[C@@H](CO)[C@@H](N)[C@H](c3cccc(Cl)c3F)[C@@]23Cc2ccc(Cl)cc2NC3=O)C[C@@H]1C. The summed E-state index contributed by atoms with van der Waals surface area (Å²) in [7, 11) is 0. The second-order valence-corrected chi connectivity index (χ2v) is 11.1. The molecular formula is C26H30Cl2FN3O2. The molecule has 1 aliphatic carbocycles. The highest BCUT2D eigenvalue weighted by molar-refractivity contribution is 6.31. The van der Waals surface area contributed by atoms with Crippen molar-refractivity contribution >= 4 is 34.8 Å². The van der Waals surface area contributed by atoms with E-state index in [1.54, 1.807) is 24.3 Å². The highest BCUT2D eigenvalue weighted by atomic mass is 35.5. The normalized spacial score (nSPS) is 34.0. The molecule has 1 spiro atoms. The van der Waals surface area contributed by atoms with Gasteiger partial charge in [0.15, 0.2) is 0 Å². The molecule has 0 bridgehead atoms. The van der Waals surface area contributed by atoms with Crippen molar-refractivity contribution in [2.45, 2.75) is 62.7 Å². The van der Waals surface area contributed by atoms with Gasteiger partial charge in [-0.05, 0) is 54.0 Å². The maximum absolute atomic E-state index is 15.5. The van der Waals surface area contributed by atoms with Gasteiger partial charge >= 0.3 is 0 Å². The van der Waals surface area contributed by atoms with Crippen LogP contribution >= 0.6 is 23.2 Å². The first kappa shape index (κ1) is 24.0. The lowest BCUT2D eigenvalue weighted by Gasteiger charge is -2.48. The third-order valence-electron chi connectivity index (χ3n) is 8.49. The lowest BCUT2D eigenvalue weighted by Crippen LogP contribution is -2.63. The van der Waals surface area contributed by atoms with E-state index >= 15 is 4.39 Å². The number of carbonyl (C=O) groups excluding carboxylic acids is 1. The fourth-order valence-corrected chi connectivity index (χ4v) is 7.09. The zero-order valence-electron chi connectivity index (χ0n) is 19.3. The number of nitrogens with one attached hydrogen (secondary N) is 1. The van der Waals surface area contributed by atoms with Gasteiger partial charge in [-0.2, -0.15) is 0 Å². The van der Waals surface area contributed by atoms with E-state index in [1.807, 2.05) is 6.07 Å². The third kappa shape index (κ3) is 3.49. The minimum atomic E-state index is -1.17. The third-order valence-corrected chi connectivity index (χ3v) is 9.02. The van der Waals surface area contributed by atoms with Crippen molar-refractivity contribution in [2.75, 3.05) is 11.9 Å². The Labute approximate surface area is 209 Å². The van der Waals surface area contributed by atoms with Crippen molar-refractivity contribution < 1.29 is 14.3 Å². The van der Waals surface area contributed by atoms with Crippen LogP contribution in [0.3, 0.4) is 0 Å². The standard InChI is InChI=1S/C26H30Cl2FN3O2/c1-13-8-17(9-14(13)2)32-21(12-33)24(30)22(18-4-3-5-19(28)23(18)29)26(32)11-15-6-7-16(27)10-20(15)31-25(26)34/h3-7,10,13-14,17,21-22,24,33H,8-9,11-12,30H2,1-2H3,(H,31,34)/t13-,14-,21-,22-,24+,26+/m0/s1. The molecule has 0 radical (unpaired) electrons. The molecule has 5 rings (SSSR count). The number of nitrogens with zero attached hydrogens (tertiary/aromatic N) is 1. The number of hydrogen-bond acceptors (Lipinski definition) is 4. The van der Waals surface area contributed by atoms with Crippen molar-refractivity contribution in [1.82, 2.24) is 4.90 Å². The van der Waals surface area contributed by atoms with Crippen LogP contribution in [0.4, 0.5) is 10.1 Å². The number of anilines is 1. The Kier molecular flexibility index (Phi) is 6.18. The van der Waals surface area contributed by atoms with E-state index in [9.17, 15) is 9.90 Å². The zero-order valence-corrected chi connectivity index (χ0v) is 20.8. The molecule has 2 fully saturated rings. The van der Waals surface area contributed by atoms with Crippen LogP contribution < -0.4 is 11.1 Å². The summed E-state index contributed by atoms with van der Waals surface area (Å²) in [5.74, 6) is -0.566. The number of aliphatic hydroxyl groups is 1. The molecule has 3 aliphatic rings. The van der Waals surface area contributed by atoms with Gasteiger partial charge in [-0.25, -0.2) is 4.39 Å². The van der Waals surface area contributed by atoms with Gasteiger partial charge in [0.2, 0.25) is 5.91 Å². The molecule has 1 saturated heterocycles. The highest BCUT2D eigenvalue weighted by Gasteiger charge is 2.65. The predicted molar refractivity (Wildman–Crippen MR) is 133 cm³/mol. The summed E-state index contributed by atoms with van der Waals surface area (Å²) in [6, 6.07) is 9.16. The van der Waals surface area contributed by atoms with Crippen molar-refractivity contribution in [3.63, 3.8) is 0 Å².